The topological polar surface area (TPSA) is 75.0 Å². The number of benzene rings is 2. The van der Waals surface area contributed by atoms with Gasteiger partial charge in [0.05, 0.1) is 19.3 Å². The average Bonchev–Trinajstić information content (AvgIpc) is 2.69. The van der Waals surface area contributed by atoms with Gasteiger partial charge in [0.15, 0.2) is 6.10 Å². The van der Waals surface area contributed by atoms with Crippen molar-refractivity contribution in [3.8, 4) is 22.6 Å². The minimum absolute atomic E-state index is 0.291. The molecule has 0 saturated heterocycles. The molecule has 3 rings (SSSR count). The number of carbonyl (C=O) groups excluding carboxylic acids is 1. The van der Waals surface area contributed by atoms with Gasteiger partial charge in [-0.25, -0.2) is 9.59 Å². The number of fused-ring (bicyclic) bond motifs is 1. The van der Waals surface area contributed by atoms with Gasteiger partial charge in [0.2, 0.25) is 0 Å². The molecule has 1 atom stereocenters. The summed E-state index contributed by atoms with van der Waals surface area (Å²) < 4.78 is 21.3. The average molecular weight is 382 g/mol. The molecule has 0 unspecified atom stereocenters. The summed E-state index contributed by atoms with van der Waals surface area (Å²) in [7, 11) is 1.59. The molecule has 1 heterocycles. The minimum atomic E-state index is -0.741. The number of aryl methyl sites for hydroxylation is 1. The van der Waals surface area contributed by atoms with E-state index in [1.165, 1.54) is 0 Å². The van der Waals surface area contributed by atoms with Crippen LogP contribution in [0.3, 0.4) is 0 Å². The van der Waals surface area contributed by atoms with Gasteiger partial charge in [0.1, 0.15) is 17.1 Å². The molecule has 0 aliphatic heterocycles. The molecule has 0 saturated carbocycles. The summed E-state index contributed by atoms with van der Waals surface area (Å²) in [6, 6.07) is 12.3. The SMILES string of the molecule is CCOC(=O)[C@H](C)Oc1ccc2oc(=O)c(-c3ccc(OC)cc3)c(C)c2c1. The second-order valence-electron chi connectivity index (χ2n) is 6.29. The normalized spacial score (nSPS) is 11.9. The lowest BCUT2D eigenvalue weighted by atomic mass is 9.99. The molecule has 6 nitrogen and oxygen atoms in total. The molecule has 146 valence electrons. The number of rotatable bonds is 6. The minimum Gasteiger partial charge on any atom is -0.497 e. The molecule has 0 aliphatic carbocycles. The van der Waals surface area contributed by atoms with Crippen molar-refractivity contribution in [2.24, 2.45) is 0 Å². The maximum Gasteiger partial charge on any atom is 0.347 e. The highest BCUT2D eigenvalue weighted by Crippen LogP contribution is 2.30. The third-order valence-corrected chi connectivity index (χ3v) is 4.45. The van der Waals surface area contributed by atoms with Crippen LogP contribution in [0.4, 0.5) is 0 Å². The van der Waals surface area contributed by atoms with E-state index in [0.29, 0.717) is 29.3 Å². The van der Waals surface area contributed by atoms with E-state index in [0.717, 1.165) is 16.5 Å². The van der Waals surface area contributed by atoms with E-state index in [1.807, 2.05) is 19.1 Å². The van der Waals surface area contributed by atoms with E-state index in [4.69, 9.17) is 18.6 Å². The fourth-order valence-electron chi connectivity index (χ4n) is 3.01. The second-order valence-corrected chi connectivity index (χ2v) is 6.29. The third kappa shape index (κ3) is 3.86. The monoisotopic (exact) mass is 382 g/mol. The van der Waals surface area contributed by atoms with Crippen molar-refractivity contribution in [2.75, 3.05) is 13.7 Å². The Morgan fingerprint density at radius 3 is 2.43 bits per heavy atom. The summed E-state index contributed by atoms with van der Waals surface area (Å²) in [5, 5.41) is 0.735. The van der Waals surface area contributed by atoms with Crippen molar-refractivity contribution >= 4 is 16.9 Å². The van der Waals surface area contributed by atoms with Crippen molar-refractivity contribution in [3.05, 3.63) is 58.4 Å². The molecule has 0 aliphatic rings. The van der Waals surface area contributed by atoms with E-state index in [2.05, 4.69) is 0 Å². The standard InChI is InChI=1S/C22H22O6/c1-5-26-21(23)14(3)27-17-10-11-19-18(12-17)13(2)20(22(24)28-19)15-6-8-16(25-4)9-7-15/h6-12,14H,5H2,1-4H3/t14-/m0/s1. The molecular formula is C22H22O6. The molecule has 0 spiro atoms. The lowest BCUT2D eigenvalue weighted by Crippen LogP contribution is -2.26. The van der Waals surface area contributed by atoms with Crippen LogP contribution < -0.4 is 15.1 Å². The number of ether oxygens (including phenoxy) is 3. The van der Waals surface area contributed by atoms with Crippen molar-refractivity contribution in [1.82, 2.24) is 0 Å². The zero-order valence-electron chi connectivity index (χ0n) is 16.3. The summed E-state index contributed by atoms with van der Waals surface area (Å²) in [6.07, 6.45) is -0.741. The second kappa shape index (κ2) is 8.17. The number of hydrogen-bond acceptors (Lipinski definition) is 6. The Kier molecular flexibility index (Phi) is 5.68. The fourth-order valence-corrected chi connectivity index (χ4v) is 3.01. The Balaban J connectivity index is 2.02. The van der Waals surface area contributed by atoms with Gasteiger partial charge < -0.3 is 18.6 Å². The number of hydrogen-bond donors (Lipinski definition) is 0. The first kappa shape index (κ1) is 19.5. The number of carbonyl (C=O) groups is 1. The van der Waals surface area contributed by atoms with Crippen molar-refractivity contribution in [3.63, 3.8) is 0 Å². The van der Waals surface area contributed by atoms with Crippen LogP contribution >= 0.6 is 0 Å². The van der Waals surface area contributed by atoms with Crippen LogP contribution in [0.25, 0.3) is 22.1 Å². The van der Waals surface area contributed by atoms with Crippen molar-refractivity contribution in [1.29, 1.82) is 0 Å². The highest BCUT2D eigenvalue weighted by Gasteiger charge is 2.18. The summed E-state index contributed by atoms with van der Waals surface area (Å²) in [4.78, 5) is 24.3. The molecule has 6 heteroatoms. The Bertz CT molecular complexity index is 1050. The van der Waals surface area contributed by atoms with Gasteiger partial charge in [-0.05, 0) is 62.2 Å². The molecule has 0 radical (unpaired) electrons. The first-order chi connectivity index (χ1) is 13.4. The van der Waals surface area contributed by atoms with Crippen LogP contribution in [0.2, 0.25) is 0 Å². The zero-order chi connectivity index (χ0) is 20.3. The molecule has 0 fully saturated rings. The third-order valence-electron chi connectivity index (χ3n) is 4.45. The number of methoxy groups -OCH3 is 1. The van der Waals surface area contributed by atoms with E-state index in [-0.39, 0.29) is 0 Å². The Morgan fingerprint density at radius 2 is 1.79 bits per heavy atom. The van der Waals surface area contributed by atoms with Crippen LogP contribution in [0.1, 0.15) is 19.4 Å². The number of esters is 1. The lowest BCUT2D eigenvalue weighted by molar-refractivity contribution is -0.150. The smallest absolute Gasteiger partial charge is 0.347 e. The molecule has 3 aromatic rings. The summed E-state index contributed by atoms with van der Waals surface area (Å²) in [5.74, 6) is 0.763. The molecule has 0 amide bonds. The van der Waals surface area contributed by atoms with Gasteiger partial charge in [-0.1, -0.05) is 12.1 Å². The lowest BCUT2D eigenvalue weighted by Gasteiger charge is -2.14. The summed E-state index contributed by atoms with van der Waals surface area (Å²) in [5.41, 5.74) is 2.02. The maximum absolute atomic E-state index is 12.5. The summed E-state index contributed by atoms with van der Waals surface area (Å²) >= 11 is 0. The van der Waals surface area contributed by atoms with Gasteiger partial charge in [-0.2, -0.15) is 0 Å². The predicted octanol–water partition coefficient (Wildman–Crippen LogP) is 4.11. The highest BCUT2D eigenvalue weighted by molar-refractivity contribution is 5.87. The van der Waals surface area contributed by atoms with Gasteiger partial charge in [-0.15, -0.1) is 0 Å². The van der Waals surface area contributed by atoms with Crippen molar-refractivity contribution in [2.45, 2.75) is 26.9 Å². The maximum atomic E-state index is 12.5. The zero-order valence-corrected chi connectivity index (χ0v) is 16.3. The van der Waals surface area contributed by atoms with Crippen LogP contribution in [-0.4, -0.2) is 25.8 Å². The van der Waals surface area contributed by atoms with E-state index in [9.17, 15) is 9.59 Å². The van der Waals surface area contributed by atoms with Gasteiger partial charge in [-0.3, -0.25) is 0 Å². The summed E-state index contributed by atoms with van der Waals surface area (Å²) in [6.45, 7) is 5.52. The van der Waals surface area contributed by atoms with Crippen LogP contribution in [0.15, 0.2) is 51.7 Å². The first-order valence-electron chi connectivity index (χ1n) is 8.99. The Labute approximate surface area is 162 Å². The van der Waals surface area contributed by atoms with Crippen LogP contribution in [0, 0.1) is 6.92 Å². The van der Waals surface area contributed by atoms with Crippen LogP contribution in [-0.2, 0) is 9.53 Å². The largest absolute Gasteiger partial charge is 0.497 e. The van der Waals surface area contributed by atoms with Crippen molar-refractivity contribution < 1.29 is 23.4 Å². The van der Waals surface area contributed by atoms with Gasteiger partial charge in [0.25, 0.3) is 0 Å². The molecular weight excluding hydrogens is 360 g/mol. The van der Waals surface area contributed by atoms with Gasteiger partial charge >= 0.3 is 11.6 Å². The Hall–Kier alpha value is -3.28. The molecule has 28 heavy (non-hydrogen) atoms. The molecule has 2 aromatic carbocycles. The van der Waals surface area contributed by atoms with E-state index < -0.39 is 17.7 Å². The molecule has 0 bridgehead atoms. The quantitative estimate of drug-likeness (QED) is 0.472. The fraction of sp³-hybridized carbons (Fsp3) is 0.273. The molecule has 1 aromatic heterocycles. The first-order valence-corrected chi connectivity index (χ1v) is 8.99. The van der Waals surface area contributed by atoms with E-state index in [1.54, 1.807) is 51.3 Å². The van der Waals surface area contributed by atoms with Crippen LogP contribution in [0.5, 0.6) is 11.5 Å². The predicted molar refractivity (Wildman–Crippen MR) is 106 cm³/mol. The van der Waals surface area contributed by atoms with Gasteiger partial charge in [0, 0.05) is 5.39 Å². The highest BCUT2D eigenvalue weighted by atomic mass is 16.6. The molecule has 0 N–H and O–H groups in total. The Morgan fingerprint density at radius 1 is 1.11 bits per heavy atom. The van der Waals surface area contributed by atoms with E-state index >= 15 is 0 Å².